The minimum Gasteiger partial charge on any atom is -0.435 e. The van der Waals surface area contributed by atoms with Crippen LogP contribution in [0.4, 0.5) is 8.78 Å². The maximum absolute atomic E-state index is 12.2. The number of aromatic nitrogens is 4. The Kier molecular flexibility index (Phi) is 4.55. The fourth-order valence-corrected chi connectivity index (χ4v) is 2.05. The van der Waals surface area contributed by atoms with Gasteiger partial charge in [-0.1, -0.05) is 30.3 Å². The quantitative estimate of drug-likeness (QED) is 0.650. The van der Waals surface area contributed by atoms with Gasteiger partial charge in [-0.3, -0.25) is 4.79 Å². The molecule has 0 aliphatic rings. The van der Waals surface area contributed by atoms with Crippen LogP contribution < -0.4 is 4.74 Å². The summed E-state index contributed by atoms with van der Waals surface area (Å²) in [5.41, 5.74) is 1.14. The third-order valence-electron chi connectivity index (χ3n) is 3.17. The molecule has 2 aromatic carbocycles. The Morgan fingerprint density at radius 3 is 2.46 bits per heavy atom. The average molecular weight is 330 g/mol. The van der Waals surface area contributed by atoms with E-state index in [0.29, 0.717) is 11.4 Å². The normalized spacial score (nSPS) is 10.8. The highest BCUT2D eigenvalue weighted by molar-refractivity contribution is 5.95. The van der Waals surface area contributed by atoms with Gasteiger partial charge in [0.15, 0.2) is 5.78 Å². The molecular weight excluding hydrogens is 318 g/mol. The molecule has 0 amide bonds. The van der Waals surface area contributed by atoms with Crippen LogP contribution in [0.15, 0.2) is 54.6 Å². The van der Waals surface area contributed by atoms with Crippen LogP contribution in [0, 0.1) is 0 Å². The number of alkyl halides is 2. The lowest BCUT2D eigenvalue weighted by Gasteiger charge is -2.05. The molecule has 0 spiro atoms. The van der Waals surface area contributed by atoms with E-state index in [2.05, 4.69) is 20.1 Å². The van der Waals surface area contributed by atoms with E-state index in [1.54, 1.807) is 0 Å². The number of carbonyl (C=O) groups excluding carboxylic acids is 1. The van der Waals surface area contributed by atoms with Crippen molar-refractivity contribution < 1.29 is 18.3 Å². The number of hydrogen-bond acceptors (Lipinski definition) is 5. The minimum absolute atomic E-state index is 0.00760. The van der Waals surface area contributed by atoms with Crippen LogP contribution in [-0.4, -0.2) is 32.6 Å². The highest BCUT2D eigenvalue weighted by Gasteiger charge is 2.12. The van der Waals surface area contributed by atoms with Gasteiger partial charge in [-0.25, -0.2) is 0 Å². The third-order valence-corrected chi connectivity index (χ3v) is 3.17. The Bertz CT molecular complexity index is 820. The number of carbonyl (C=O) groups is 1. The molecule has 0 unspecified atom stereocenters. The molecule has 0 fully saturated rings. The molecule has 6 nitrogen and oxygen atoms in total. The van der Waals surface area contributed by atoms with Crippen molar-refractivity contribution in [3.8, 4) is 17.1 Å². The molecule has 0 aliphatic carbocycles. The molecule has 0 saturated heterocycles. The Morgan fingerprint density at radius 1 is 1.08 bits per heavy atom. The van der Waals surface area contributed by atoms with Gasteiger partial charge in [0.1, 0.15) is 12.3 Å². The number of hydrogen-bond donors (Lipinski definition) is 0. The lowest BCUT2D eigenvalue weighted by molar-refractivity contribution is -0.0498. The largest absolute Gasteiger partial charge is 0.435 e. The molecular formula is C16H12F2N4O2. The Balaban J connectivity index is 1.68. The number of rotatable bonds is 6. The highest BCUT2D eigenvalue weighted by Crippen LogP contribution is 2.16. The average Bonchev–Trinajstić information content (AvgIpc) is 3.04. The van der Waals surface area contributed by atoms with E-state index in [9.17, 15) is 13.6 Å². The predicted molar refractivity (Wildman–Crippen MR) is 80.7 cm³/mol. The van der Waals surface area contributed by atoms with Gasteiger partial charge in [0, 0.05) is 11.1 Å². The molecule has 0 radical (unpaired) electrons. The van der Waals surface area contributed by atoms with E-state index in [4.69, 9.17) is 0 Å². The number of ketones is 1. The van der Waals surface area contributed by atoms with E-state index in [1.807, 2.05) is 30.3 Å². The van der Waals surface area contributed by atoms with Gasteiger partial charge in [-0.15, -0.1) is 10.2 Å². The molecule has 122 valence electrons. The molecule has 0 N–H and O–H groups in total. The number of ether oxygens (including phenoxy) is 1. The molecule has 24 heavy (non-hydrogen) atoms. The molecule has 0 aliphatic heterocycles. The lowest BCUT2D eigenvalue weighted by Crippen LogP contribution is -2.13. The van der Waals surface area contributed by atoms with Gasteiger partial charge in [0.05, 0.1) is 0 Å². The van der Waals surface area contributed by atoms with Crippen molar-refractivity contribution in [1.82, 2.24) is 20.2 Å². The summed E-state index contributed by atoms with van der Waals surface area (Å²) in [5, 5.41) is 11.9. The molecule has 8 heteroatoms. The van der Waals surface area contributed by atoms with Crippen LogP contribution in [0.2, 0.25) is 0 Å². The van der Waals surface area contributed by atoms with Gasteiger partial charge in [0.2, 0.25) is 5.82 Å². The standard InChI is InChI=1S/C16H12F2N4O2/c17-16(18)24-13-8-6-11(7-9-13)14(23)10-22-20-15(19-21-22)12-4-2-1-3-5-12/h1-9,16H,10H2. The number of Topliss-reactive ketones (excluding diaryl/α,β-unsaturated/α-hetero) is 1. The monoisotopic (exact) mass is 330 g/mol. The fourth-order valence-electron chi connectivity index (χ4n) is 2.05. The first-order valence-electron chi connectivity index (χ1n) is 7.03. The van der Waals surface area contributed by atoms with Gasteiger partial charge in [0.25, 0.3) is 0 Å². The number of tetrazole rings is 1. The van der Waals surface area contributed by atoms with Crippen LogP contribution in [-0.2, 0) is 6.54 Å². The first-order chi connectivity index (χ1) is 11.6. The second kappa shape index (κ2) is 6.95. The van der Waals surface area contributed by atoms with Crippen molar-refractivity contribution >= 4 is 5.78 Å². The van der Waals surface area contributed by atoms with Crippen LogP contribution in [0.5, 0.6) is 5.75 Å². The molecule has 0 saturated carbocycles. The zero-order valence-corrected chi connectivity index (χ0v) is 12.3. The topological polar surface area (TPSA) is 69.9 Å². The van der Waals surface area contributed by atoms with Crippen LogP contribution in [0.1, 0.15) is 10.4 Å². The predicted octanol–water partition coefficient (Wildman–Crippen LogP) is 2.82. The first kappa shape index (κ1) is 15.7. The van der Waals surface area contributed by atoms with Crippen molar-refractivity contribution in [2.75, 3.05) is 0 Å². The number of nitrogens with zero attached hydrogens (tertiary/aromatic N) is 4. The van der Waals surface area contributed by atoms with Crippen molar-refractivity contribution in [3.05, 3.63) is 60.2 Å². The maximum atomic E-state index is 12.2. The summed E-state index contributed by atoms with van der Waals surface area (Å²) in [6, 6.07) is 14.7. The lowest BCUT2D eigenvalue weighted by atomic mass is 10.1. The van der Waals surface area contributed by atoms with Gasteiger partial charge < -0.3 is 4.74 Å². The summed E-state index contributed by atoms with van der Waals surface area (Å²) in [7, 11) is 0. The SMILES string of the molecule is O=C(Cn1nnc(-c2ccccc2)n1)c1ccc(OC(F)F)cc1. The van der Waals surface area contributed by atoms with Crippen LogP contribution >= 0.6 is 0 Å². The third kappa shape index (κ3) is 3.78. The zero-order valence-electron chi connectivity index (χ0n) is 12.3. The molecule has 1 aromatic heterocycles. The Morgan fingerprint density at radius 2 is 1.79 bits per heavy atom. The van der Waals surface area contributed by atoms with Crippen LogP contribution in [0.25, 0.3) is 11.4 Å². The maximum Gasteiger partial charge on any atom is 0.387 e. The summed E-state index contributed by atoms with van der Waals surface area (Å²) >= 11 is 0. The summed E-state index contributed by atoms with van der Waals surface area (Å²) in [6.45, 7) is -3.00. The number of halogens is 2. The van der Waals surface area contributed by atoms with E-state index >= 15 is 0 Å². The van der Waals surface area contributed by atoms with E-state index < -0.39 is 6.61 Å². The van der Waals surface area contributed by atoms with Crippen molar-refractivity contribution in [3.63, 3.8) is 0 Å². The van der Waals surface area contributed by atoms with E-state index in [0.717, 1.165) is 5.56 Å². The molecule has 0 atom stereocenters. The Hall–Kier alpha value is -3.16. The highest BCUT2D eigenvalue weighted by atomic mass is 19.3. The summed E-state index contributed by atoms with van der Waals surface area (Å²) in [6.07, 6.45) is 0. The molecule has 0 bridgehead atoms. The summed E-state index contributed by atoms with van der Waals surface area (Å²) in [4.78, 5) is 13.4. The van der Waals surface area contributed by atoms with E-state index in [1.165, 1.54) is 29.1 Å². The number of benzene rings is 2. The zero-order chi connectivity index (χ0) is 16.9. The molecule has 3 rings (SSSR count). The van der Waals surface area contributed by atoms with Crippen molar-refractivity contribution in [2.24, 2.45) is 0 Å². The summed E-state index contributed by atoms with van der Waals surface area (Å²) < 4.78 is 28.4. The van der Waals surface area contributed by atoms with Crippen molar-refractivity contribution in [1.29, 1.82) is 0 Å². The smallest absolute Gasteiger partial charge is 0.387 e. The fraction of sp³-hybridized carbons (Fsp3) is 0.125. The summed E-state index contributed by atoms with van der Waals surface area (Å²) in [5.74, 6) is 0.145. The molecule has 3 aromatic rings. The second-order valence-electron chi connectivity index (χ2n) is 4.84. The first-order valence-corrected chi connectivity index (χ1v) is 7.03. The Labute approximate surface area is 135 Å². The van der Waals surface area contributed by atoms with Gasteiger partial charge in [-0.2, -0.15) is 13.6 Å². The van der Waals surface area contributed by atoms with Gasteiger partial charge in [-0.05, 0) is 29.5 Å². The van der Waals surface area contributed by atoms with Crippen LogP contribution in [0.3, 0.4) is 0 Å². The van der Waals surface area contributed by atoms with Crippen molar-refractivity contribution in [2.45, 2.75) is 13.2 Å². The second-order valence-corrected chi connectivity index (χ2v) is 4.84. The van der Waals surface area contributed by atoms with Gasteiger partial charge >= 0.3 is 6.61 Å². The minimum atomic E-state index is -2.90. The molecule has 1 heterocycles. The van der Waals surface area contributed by atoms with E-state index in [-0.39, 0.29) is 18.1 Å².